The quantitative estimate of drug-likeness (QED) is 0.687. The number of rotatable bonds is 7. The molecule has 0 saturated carbocycles. The third-order valence-electron chi connectivity index (χ3n) is 2.23. The maximum Gasteiger partial charge on any atom is 0.321 e. The molecule has 0 aliphatic carbocycles. The maximum absolute atomic E-state index is 8.99. The smallest absolute Gasteiger partial charge is 0.321 e. The second-order valence-corrected chi connectivity index (χ2v) is 7.49. The predicted molar refractivity (Wildman–Crippen MR) is 66.1 cm³/mol. The fraction of sp³-hybridized carbons (Fsp3) is 1.00. The molecular formula is C8H19O3PS2. The molecule has 0 aliphatic heterocycles. The topological polar surface area (TPSA) is 49.7 Å². The van der Waals surface area contributed by atoms with Crippen molar-refractivity contribution in [3.8, 4) is 0 Å². The highest BCUT2D eigenvalue weighted by molar-refractivity contribution is 8.06. The van der Waals surface area contributed by atoms with E-state index in [4.69, 9.17) is 14.3 Å². The molecule has 0 unspecified atom stereocenters. The number of hydrogen-bond acceptors (Lipinski definition) is 3. The average molecular weight is 258 g/mol. The van der Waals surface area contributed by atoms with Crippen LogP contribution in [0.25, 0.3) is 0 Å². The van der Waals surface area contributed by atoms with E-state index in [0.29, 0.717) is 6.61 Å². The molecule has 0 radical (unpaired) electrons. The van der Waals surface area contributed by atoms with Crippen molar-refractivity contribution in [3.63, 3.8) is 0 Å². The van der Waals surface area contributed by atoms with Crippen LogP contribution < -0.4 is 0 Å². The molecule has 0 amide bonds. The summed E-state index contributed by atoms with van der Waals surface area (Å²) in [5.41, 5.74) is 0. The van der Waals surface area contributed by atoms with Crippen molar-refractivity contribution in [2.24, 2.45) is 0 Å². The van der Waals surface area contributed by atoms with Crippen LogP contribution >= 0.6 is 18.5 Å². The largest absolute Gasteiger partial charge is 0.325 e. The van der Waals surface area contributed by atoms with Gasteiger partial charge in [-0.15, -0.1) is 0 Å². The third-order valence-corrected chi connectivity index (χ3v) is 4.61. The summed E-state index contributed by atoms with van der Waals surface area (Å²) in [7, 11) is 0. The van der Waals surface area contributed by atoms with Gasteiger partial charge in [-0.3, -0.25) is 0 Å². The van der Waals surface area contributed by atoms with Gasteiger partial charge in [-0.1, -0.05) is 20.8 Å². The van der Waals surface area contributed by atoms with Crippen molar-refractivity contribution < 1.29 is 14.3 Å². The molecule has 0 rings (SSSR count). The Hall–Kier alpha value is 0.880. The Kier molecular flexibility index (Phi) is 6.87. The van der Waals surface area contributed by atoms with Crippen molar-refractivity contribution >= 4 is 30.3 Å². The van der Waals surface area contributed by atoms with E-state index >= 15 is 0 Å². The van der Waals surface area contributed by atoms with Crippen LogP contribution in [0.5, 0.6) is 0 Å². The molecule has 0 aromatic heterocycles. The standard InChI is InChI=1S/C8H19O3PS2/c1-4-8(5-2,14-6-3)7-11-12(9,10)13/h4-7H2,1-3H3,(H2,9,10,13). The Morgan fingerprint density at radius 2 is 1.79 bits per heavy atom. The van der Waals surface area contributed by atoms with Gasteiger partial charge >= 0.3 is 6.72 Å². The van der Waals surface area contributed by atoms with Crippen LogP contribution in [0.3, 0.4) is 0 Å². The minimum absolute atomic E-state index is 0.0235. The van der Waals surface area contributed by atoms with Crippen molar-refractivity contribution in [1.82, 2.24) is 0 Å². The molecule has 0 fully saturated rings. The molecule has 0 bridgehead atoms. The van der Waals surface area contributed by atoms with Crippen LogP contribution in [0.4, 0.5) is 0 Å². The first-order valence-electron chi connectivity index (χ1n) is 4.73. The summed E-state index contributed by atoms with van der Waals surface area (Å²) >= 11 is 6.21. The van der Waals surface area contributed by atoms with Crippen LogP contribution in [0.15, 0.2) is 0 Å². The number of hydrogen-bond donors (Lipinski definition) is 2. The fourth-order valence-electron chi connectivity index (χ4n) is 1.21. The van der Waals surface area contributed by atoms with Gasteiger partial charge in [0.2, 0.25) is 0 Å². The summed E-state index contributed by atoms with van der Waals surface area (Å²) in [6.07, 6.45) is 1.88. The summed E-state index contributed by atoms with van der Waals surface area (Å²) in [6, 6.07) is 0. The van der Waals surface area contributed by atoms with E-state index in [1.807, 2.05) is 0 Å². The molecule has 2 N–H and O–H groups in total. The van der Waals surface area contributed by atoms with Gasteiger partial charge in [-0.05, 0) is 30.4 Å². The molecule has 6 heteroatoms. The van der Waals surface area contributed by atoms with Crippen molar-refractivity contribution in [2.45, 2.75) is 38.4 Å². The second-order valence-electron chi connectivity index (χ2n) is 3.09. The minimum Gasteiger partial charge on any atom is -0.325 e. The van der Waals surface area contributed by atoms with E-state index in [1.54, 1.807) is 11.8 Å². The predicted octanol–water partition coefficient (Wildman–Crippen LogP) is 2.52. The Morgan fingerprint density at radius 3 is 2.07 bits per heavy atom. The highest BCUT2D eigenvalue weighted by Crippen LogP contribution is 2.41. The zero-order valence-electron chi connectivity index (χ0n) is 8.89. The summed E-state index contributed by atoms with van der Waals surface area (Å²) in [5.74, 6) is 0.991. The molecule has 14 heavy (non-hydrogen) atoms. The first kappa shape index (κ1) is 14.9. The van der Waals surface area contributed by atoms with E-state index in [9.17, 15) is 0 Å². The van der Waals surface area contributed by atoms with Gasteiger partial charge < -0.3 is 14.3 Å². The molecular weight excluding hydrogens is 239 g/mol. The van der Waals surface area contributed by atoms with Gasteiger partial charge in [0.15, 0.2) is 0 Å². The van der Waals surface area contributed by atoms with E-state index in [1.165, 1.54) is 0 Å². The molecule has 0 saturated heterocycles. The van der Waals surface area contributed by atoms with Crippen LogP contribution in [-0.4, -0.2) is 26.9 Å². The first-order chi connectivity index (χ1) is 6.39. The Balaban J connectivity index is 4.28. The fourth-order valence-corrected chi connectivity index (χ4v) is 3.03. The lowest BCUT2D eigenvalue weighted by Gasteiger charge is -2.30. The van der Waals surface area contributed by atoms with E-state index in [0.717, 1.165) is 18.6 Å². The van der Waals surface area contributed by atoms with Crippen molar-refractivity contribution in [1.29, 1.82) is 0 Å². The molecule has 0 atom stereocenters. The lowest BCUT2D eigenvalue weighted by Crippen LogP contribution is -2.29. The molecule has 0 aliphatic rings. The van der Waals surface area contributed by atoms with E-state index < -0.39 is 6.72 Å². The van der Waals surface area contributed by atoms with Crippen LogP contribution in [0, 0.1) is 0 Å². The molecule has 0 aromatic rings. The highest BCUT2D eigenvalue weighted by atomic mass is 32.5. The first-order valence-corrected chi connectivity index (χ1v) is 8.34. The van der Waals surface area contributed by atoms with Gasteiger partial charge in [-0.2, -0.15) is 11.8 Å². The summed E-state index contributed by atoms with van der Waals surface area (Å²) < 4.78 is 4.92. The van der Waals surface area contributed by atoms with E-state index in [2.05, 4.69) is 32.6 Å². The zero-order chi connectivity index (χ0) is 11.2. The summed E-state index contributed by atoms with van der Waals surface area (Å²) in [4.78, 5) is 18.0. The SMILES string of the molecule is CCSC(CC)(CC)COP(O)(O)=S. The highest BCUT2D eigenvalue weighted by Gasteiger charge is 2.28. The van der Waals surface area contributed by atoms with Crippen molar-refractivity contribution in [3.05, 3.63) is 0 Å². The van der Waals surface area contributed by atoms with Crippen LogP contribution in [-0.2, 0) is 16.3 Å². The third kappa shape index (κ3) is 5.69. The van der Waals surface area contributed by atoms with Gasteiger partial charge in [0.1, 0.15) is 0 Å². The lowest BCUT2D eigenvalue weighted by molar-refractivity contribution is 0.218. The van der Waals surface area contributed by atoms with Gasteiger partial charge in [-0.25, -0.2) is 0 Å². The Morgan fingerprint density at radius 1 is 1.29 bits per heavy atom. The average Bonchev–Trinajstić information content (AvgIpc) is 2.11. The normalized spacial score (nSPS) is 13.2. The zero-order valence-corrected chi connectivity index (χ0v) is 11.4. The molecule has 0 spiro atoms. The van der Waals surface area contributed by atoms with Gasteiger partial charge in [0.05, 0.1) is 6.61 Å². The minimum atomic E-state index is -3.49. The Labute approximate surface area is 95.5 Å². The summed E-state index contributed by atoms with van der Waals surface area (Å²) in [6.45, 7) is 3.07. The van der Waals surface area contributed by atoms with Gasteiger partial charge in [0, 0.05) is 4.75 Å². The second kappa shape index (κ2) is 6.46. The van der Waals surface area contributed by atoms with E-state index in [-0.39, 0.29) is 4.75 Å². The summed E-state index contributed by atoms with van der Waals surface area (Å²) in [5, 5.41) is 0. The number of thioether (sulfide) groups is 1. The maximum atomic E-state index is 8.99. The van der Waals surface area contributed by atoms with Crippen LogP contribution in [0.1, 0.15) is 33.6 Å². The lowest BCUT2D eigenvalue weighted by atomic mass is 10.0. The van der Waals surface area contributed by atoms with Crippen molar-refractivity contribution in [2.75, 3.05) is 12.4 Å². The molecule has 3 nitrogen and oxygen atoms in total. The molecule has 0 heterocycles. The molecule has 86 valence electrons. The monoisotopic (exact) mass is 258 g/mol. The van der Waals surface area contributed by atoms with Crippen LogP contribution in [0.2, 0.25) is 0 Å². The molecule has 0 aromatic carbocycles. The van der Waals surface area contributed by atoms with Gasteiger partial charge in [0.25, 0.3) is 0 Å². The Bertz CT molecular complexity index is 201.